The van der Waals surface area contributed by atoms with E-state index >= 15 is 0 Å². The summed E-state index contributed by atoms with van der Waals surface area (Å²) in [6, 6.07) is 6.75. The SMILES string of the molecule is O=S(=O)(NNc1c(Cl)cc(Cl)cc1Cl)c1ccc(Cl)c(Cl)c1. The Labute approximate surface area is 152 Å². The molecule has 0 atom stereocenters. The van der Waals surface area contributed by atoms with Crippen LogP contribution in [0.25, 0.3) is 0 Å². The van der Waals surface area contributed by atoms with Crippen molar-refractivity contribution in [2.75, 3.05) is 5.43 Å². The zero-order valence-electron chi connectivity index (χ0n) is 10.5. The second-order valence-electron chi connectivity index (χ2n) is 4.05. The molecule has 2 aromatic carbocycles. The highest BCUT2D eigenvalue weighted by Crippen LogP contribution is 2.33. The molecule has 0 spiro atoms. The number of halogens is 5. The van der Waals surface area contributed by atoms with Crippen molar-refractivity contribution in [2.24, 2.45) is 0 Å². The van der Waals surface area contributed by atoms with Crippen LogP contribution in [0.5, 0.6) is 0 Å². The van der Waals surface area contributed by atoms with E-state index in [2.05, 4.69) is 10.3 Å². The highest BCUT2D eigenvalue weighted by Gasteiger charge is 2.17. The highest BCUT2D eigenvalue weighted by molar-refractivity contribution is 7.89. The third kappa shape index (κ3) is 4.11. The molecule has 10 heteroatoms. The minimum absolute atomic E-state index is 0.0735. The van der Waals surface area contributed by atoms with E-state index in [0.717, 1.165) is 0 Å². The Hall–Kier alpha value is -0.400. The van der Waals surface area contributed by atoms with E-state index in [4.69, 9.17) is 58.0 Å². The third-order valence-electron chi connectivity index (χ3n) is 2.52. The van der Waals surface area contributed by atoms with Crippen LogP contribution >= 0.6 is 58.0 Å². The topological polar surface area (TPSA) is 58.2 Å². The van der Waals surface area contributed by atoms with Gasteiger partial charge in [-0.1, -0.05) is 58.0 Å². The van der Waals surface area contributed by atoms with Crippen LogP contribution in [-0.4, -0.2) is 8.42 Å². The highest BCUT2D eigenvalue weighted by atomic mass is 35.5. The molecule has 2 rings (SSSR count). The summed E-state index contributed by atoms with van der Waals surface area (Å²) >= 11 is 29.2. The molecule has 118 valence electrons. The fraction of sp³-hybridized carbons (Fsp3) is 0. The van der Waals surface area contributed by atoms with Crippen LogP contribution in [0.2, 0.25) is 25.1 Å². The average molecular weight is 421 g/mol. The van der Waals surface area contributed by atoms with E-state index in [1.165, 1.54) is 30.3 Å². The van der Waals surface area contributed by atoms with Crippen LogP contribution in [0.4, 0.5) is 5.69 Å². The standard InChI is InChI=1S/C12H7Cl5N2O2S/c13-6-3-10(16)12(11(17)4-6)18-19-22(20,21)7-1-2-8(14)9(15)5-7/h1-5,18-19H. The van der Waals surface area contributed by atoms with Gasteiger partial charge < -0.3 is 5.43 Å². The zero-order chi connectivity index (χ0) is 16.5. The molecule has 0 aliphatic carbocycles. The fourth-order valence-corrected chi connectivity index (χ4v) is 3.63. The molecule has 0 saturated heterocycles. The second-order valence-corrected chi connectivity index (χ2v) is 7.80. The van der Waals surface area contributed by atoms with Gasteiger partial charge in [0.2, 0.25) is 0 Å². The van der Waals surface area contributed by atoms with Crippen LogP contribution < -0.4 is 10.3 Å². The molecule has 0 fully saturated rings. The van der Waals surface area contributed by atoms with Crippen molar-refractivity contribution >= 4 is 73.7 Å². The molecule has 0 bridgehead atoms. The van der Waals surface area contributed by atoms with E-state index in [0.29, 0.717) is 5.02 Å². The number of hydrogen-bond acceptors (Lipinski definition) is 3. The normalized spacial score (nSPS) is 11.5. The average Bonchev–Trinajstić information content (AvgIpc) is 2.40. The molecule has 0 amide bonds. The molecular weight excluding hydrogens is 413 g/mol. The van der Waals surface area contributed by atoms with E-state index in [1.807, 2.05) is 0 Å². The maximum Gasteiger partial charge on any atom is 0.257 e. The van der Waals surface area contributed by atoms with Crippen LogP contribution in [-0.2, 0) is 10.0 Å². The van der Waals surface area contributed by atoms with Gasteiger partial charge in [-0.25, -0.2) is 8.42 Å². The summed E-state index contributed by atoms with van der Waals surface area (Å²) in [5.41, 5.74) is 2.62. The van der Waals surface area contributed by atoms with E-state index in [9.17, 15) is 8.42 Å². The van der Waals surface area contributed by atoms with Gasteiger partial charge in [-0.05, 0) is 30.3 Å². The van der Waals surface area contributed by atoms with Crippen molar-refractivity contribution in [2.45, 2.75) is 4.90 Å². The fourth-order valence-electron chi connectivity index (χ4n) is 1.48. The molecule has 0 aromatic heterocycles. The Morgan fingerprint density at radius 3 is 1.91 bits per heavy atom. The maximum atomic E-state index is 12.2. The first-order chi connectivity index (χ1) is 10.2. The van der Waals surface area contributed by atoms with Crippen molar-refractivity contribution in [3.05, 3.63) is 55.4 Å². The Morgan fingerprint density at radius 1 is 0.773 bits per heavy atom. The Bertz CT molecular complexity index is 803. The smallest absolute Gasteiger partial charge is 0.257 e. The van der Waals surface area contributed by atoms with Gasteiger partial charge in [0.25, 0.3) is 10.0 Å². The molecule has 2 N–H and O–H groups in total. The summed E-state index contributed by atoms with van der Waals surface area (Å²) in [7, 11) is -3.90. The lowest BCUT2D eigenvalue weighted by Gasteiger charge is -2.13. The number of anilines is 1. The lowest BCUT2D eigenvalue weighted by molar-refractivity contribution is 0.588. The lowest BCUT2D eigenvalue weighted by atomic mass is 10.3. The maximum absolute atomic E-state index is 12.2. The molecule has 0 radical (unpaired) electrons. The molecule has 4 nitrogen and oxygen atoms in total. The minimum atomic E-state index is -3.90. The number of hydrogen-bond donors (Lipinski definition) is 2. The molecule has 0 saturated carbocycles. The quantitative estimate of drug-likeness (QED) is 0.664. The van der Waals surface area contributed by atoms with Crippen molar-refractivity contribution in [1.82, 2.24) is 4.83 Å². The minimum Gasteiger partial charge on any atom is -0.305 e. The monoisotopic (exact) mass is 418 g/mol. The third-order valence-corrected chi connectivity index (χ3v) is 5.32. The number of hydrazine groups is 1. The van der Waals surface area contributed by atoms with E-state index < -0.39 is 10.0 Å². The van der Waals surface area contributed by atoms with E-state index in [-0.39, 0.29) is 30.7 Å². The summed E-state index contributed by atoms with van der Waals surface area (Å²) < 4.78 is 24.3. The zero-order valence-corrected chi connectivity index (χ0v) is 15.1. The Balaban J connectivity index is 2.25. The number of rotatable bonds is 4. The molecule has 0 heterocycles. The number of nitrogens with one attached hydrogen (secondary N) is 2. The van der Waals surface area contributed by atoms with Gasteiger partial charge in [0, 0.05) is 5.02 Å². The van der Waals surface area contributed by atoms with E-state index in [1.54, 1.807) is 0 Å². The molecule has 2 aromatic rings. The predicted molar refractivity (Wildman–Crippen MR) is 91.9 cm³/mol. The lowest BCUT2D eigenvalue weighted by Crippen LogP contribution is -2.29. The summed E-state index contributed by atoms with van der Waals surface area (Å²) in [5.74, 6) is 0. The molecular formula is C12H7Cl5N2O2S. The summed E-state index contributed by atoms with van der Waals surface area (Å²) in [5, 5.41) is 1.01. The Morgan fingerprint density at radius 2 is 1.36 bits per heavy atom. The number of benzene rings is 2. The second kappa shape index (κ2) is 7.01. The summed E-state index contributed by atoms with van der Waals surface area (Å²) in [6.45, 7) is 0. The predicted octanol–water partition coefficient (Wildman–Crippen LogP) is 5.26. The molecule has 0 aliphatic heterocycles. The van der Waals surface area contributed by atoms with Gasteiger partial charge in [-0.15, -0.1) is 4.83 Å². The summed E-state index contributed by atoms with van der Waals surface area (Å²) in [6.07, 6.45) is 0. The van der Waals surface area contributed by atoms with Gasteiger partial charge in [-0.3, -0.25) is 0 Å². The molecule has 22 heavy (non-hydrogen) atoms. The first-order valence-corrected chi connectivity index (χ1v) is 8.95. The first-order valence-electron chi connectivity index (χ1n) is 5.58. The van der Waals surface area contributed by atoms with Crippen LogP contribution in [0.3, 0.4) is 0 Å². The van der Waals surface area contributed by atoms with Crippen LogP contribution in [0.1, 0.15) is 0 Å². The van der Waals surface area contributed by atoms with Crippen molar-refractivity contribution in [1.29, 1.82) is 0 Å². The first kappa shape index (κ1) is 17.9. The van der Waals surface area contributed by atoms with Gasteiger partial charge in [0.15, 0.2) is 0 Å². The van der Waals surface area contributed by atoms with Crippen LogP contribution in [0.15, 0.2) is 35.2 Å². The molecule has 0 aliphatic rings. The molecule has 0 unspecified atom stereocenters. The van der Waals surface area contributed by atoms with Crippen molar-refractivity contribution in [3.63, 3.8) is 0 Å². The van der Waals surface area contributed by atoms with Crippen LogP contribution in [0, 0.1) is 0 Å². The van der Waals surface area contributed by atoms with Gasteiger partial charge in [0.1, 0.15) is 0 Å². The van der Waals surface area contributed by atoms with Gasteiger partial charge >= 0.3 is 0 Å². The summed E-state index contributed by atoms with van der Waals surface area (Å²) in [4.78, 5) is 2.07. The Kier molecular flexibility index (Phi) is 5.72. The van der Waals surface area contributed by atoms with Gasteiger partial charge in [-0.2, -0.15) is 0 Å². The number of sulfonamides is 1. The van der Waals surface area contributed by atoms with Crippen molar-refractivity contribution < 1.29 is 8.42 Å². The van der Waals surface area contributed by atoms with Gasteiger partial charge in [0.05, 0.1) is 30.7 Å². The largest absolute Gasteiger partial charge is 0.305 e. The van der Waals surface area contributed by atoms with Crippen molar-refractivity contribution in [3.8, 4) is 0 Å².